The van der Waals surface area contributed by atoms with E-state index in [2.05, 4.69) is 10.2 Å². The molecule has 2 rings (SSSR count). The molecular formula is C15H20F2N2O2. The van der Waals surface area contributed by atoms with Gasteiger partial charge in [-0.1, -0.05) is 0 Å². The third-order valence-corrected chi connectivity index (χ3v) is 3.35. The first-order valence-corrected chi connectivity index (χ1v) is 7.06. The van der Waals surface area contributed by atoms with E-state index in [0.29, 0.717) is 13.0 Å². The second-order valence-corrected chi connectivity index (χ2v) is 5.44. The highest BCUT2D eigenvalue weighted by atomic mass is 19.2. The third-order valence-electron chi connectivity index (χ3n) is 3.35. The molecule has 1 heterocycles. The number of carbonyl (C=O) groups excluding carboxylic acids is 1. The molecule has 1 aromatic rings. The lowest BCUT2D eigenvalue weighted by Crippen LogP contribution is -2.46. The van der Waals surface area contributed by atoms with Crippen LogP contribution in [0.25, 0.3) is 0 Å². The SMILES string of the molecule is C[C@@H]1CN(CCC(=O)Nc2ccc(F)c(F)c2)C[C@H](C)O1. The van der Waals surface area contributed by atoms with Gasteiger partial charge < -0.3 is 10.1 Å². The van der Waals surface area contributed by atoms with Gasteiger partial charge in [0.2, 0.25) is 5.91 Å². The zero-order chi connectivity index (χ0) is 15.4. The molecule has 1 saturated heterocycles. The predicted molar refractivity (Wildman–Crippen MR) is 76.1 cm³/mol. The Labute approximate surface area is 123 Å². The van der Waals surface area contributed by atoms with Crippen LogP contribution >= 0.6 is 0 Å². The minimum absolute atomic E-state index is 0.156. The normalized spacial score (nSPS) is 23.0. The first-order chi connectivity index (χ1) is 9.94. The van der Waals surface area contributed by atoms with Gasteiger partial charge in [0.05, 0.1) is 12.2 Å². The molecule has 0 radical (unpaired) electrons. The molecule has 0 spiro atoms. The molecule has 2 atom stereocenters. The fourth-order valence-corrected chi connectivity index (χ4v) is 2.52. The van der Waals surface area contributed by atoms with E-state index in [1.54, 1.807) is 0 Å². The number of halogens is 2. The Hall–Kier alpha value is -1.53. The maximum Gasteiger partial charge on any atom is 0.225 e. The summed E-state index contributed by atoms with van der Waals surface area (Å²) in [7, 11) is 0. The molecule has 0 saturated carbocycles. The summed E-state index contributed by atoms with van der Waals surface area (Å²) in [6.07, 6.45) is 0.615. The van der Waals surface area contributed by atoms with Gasteiger partial charge in [-0.2, -0.15) is 0 Å². The van der Waals surface area contributed by atoms with Crippen LogP contribution in [0.2, 0.25) is 0 Å². The fraction of sp³-hybridized carbons (Fsp3) is 0.533. The number of nitrogens with zero attached hydrogens (tertiary/aromatic N) is 1. The van der Waals surface area contributed by atoms with Crippen LogP contribution in [0.3, 0.4) is 0 Å². The van der Waals surface area contributed by atoms with Crippen molar-refractivity contribution < 1.29 is 18.3 Å². The molecule has 4 nitrogen and oxygen atoms in total. The van der Waals surface area contributed by atoms with Gasteiger partial charge in [0, 0.05) is 37.8 Å². The third kappa shape index (κ3) is 4.75. The van der Waals surface area contributed by atoms with Crippen molar-refractivity contribution in [2.24, 2.45) is 0 Å². The highest BCUT2D eigenvalue weighted by molar-refractivity contribution is 5.90. The first-order valence-electron chi connectivity index (χ1n) is 7.06. The van der Waals surface area contributed by atoms with Gasteiger partial charge in [0.1, 0.15) is 0 Å². The van der Waals surface area contributed by atoms with E-state index in [-0.39, 0.29) is 23.8 Å². The largest absolute Gasteiger partial charge is 0.373 e. The number of carbonyl (C=O) groups is 1. The van der Waals surface area contributed by atoms with Crippen LogP contribution in [-0.2, 0) is 9.53 Å². The summed E-state index contributed by atoms with van der Waals surface area (Å²) in [5, 5.41) is 2.57. The fourth-order valence-electron chi connectivity index (χ4n) is 2.52. The van der Waals surface area contributed by atoms with Gasteiger partial charge in [-0.25, -0.2) is 8.78 Å². The Morgan fingerprint density at radius 3 is 2.57 bits per heavy atom. The van der Waals surface area contributed by atoms with Gasteiger partial charge in [0.15, 0.2) is 11.6 Å². The molecule has 1 amide bonds. The summed E-state index contributed by atoms with van der Waals surface area (Å²) in [5.74, 6) is -2.11. The van der Waals surface area contributed by atoms with Crippen molar-refractivity contribution in [1.82, 2.24) is 4.90 Å². The number of morpholine rings is 1. The smallest absolute Gasteiger partial charge is 0.225 e. The molecule has 1 N–H and O–H groups in total. The second-order valence-electron chi connectivity index (χ2n) is 5.44. The molecule has 0 unspecified atom stereocenters. The van der Waals surface area contributed by atoms with E-state index in [1.165, 1.54) is 6.07 Å². The Bertz CT molecular complexity index is 500. The van der Waals surface area contributed by atoms with Crippen LogP contribution in [0.15, 0.2) is 18.2 Å². The number of anilines is 1. The van der Waals surface area contributed by atoms with Crippen molar-refractivity contribution in [3.05, 3.63) is 29.8 Å². The minimum atomic E-state index is -0.969. The monoisotopic (exact) mass is 298 g/mol. The summed E-state index contributed by atoms with van der Waals surface area (Å²) >= 11 is 0. The second kappa shape index (κ2) is 6.95. The van der Waals surface area contributed by atoms with Crippen LogP contribution in [0.1, 0.15) is 20.3 Å². The maximum absolute atomic E-state index is 13.0. The highest BCUT2D eigenvalue weighted by Crippen LogP contribution is 2.14. The molecule has 1 fully saturated rings. The van der Waals surface area contributed by atoms with E-state index in [1.807, 2.05) is 13.8 Å². The molecule has 0 bridgehead atoms. The van der Waals surface area contributed by atoms with Crippen molar-refractivity contribution in [2.75, 3.05) is 25.0 Å². The number of hydrogen-bond donors (Lipinski definition) is 1. The number of ether oxygens (including phenoxy) is 1. The molecule has 116 valence electrons. The van der Waals surface area contributed by atoms with E-state index in [9.17, 15) is 13.6 Å². The summed E-state index contributed by atoms with van der Waals surface area (Å²) in [6.45, 7) is 6.22. The molecule has 0 aliphatic carbocycles. The Kier molecular flexibility index (Phi) is 5.25. The number of amides is 1. The predicted octanol–water partition coefficient (Wildman–Crippen LogP) is 2.40. The zero-order valence-electron chi connectivity index (χ0n) is 12.2. The van der Waals surface area contributed by atoms with Crippen LogP contribution in [0.5, 0.6) is 0 Å². The lowest BCUT2D eigenvalue weighted by molar-refractivity contribution is -0.117. The lowest BCUT2D eigenvalue weighted by atomic mass is 10.2. The van der Waals surface area contributed by atoms with Gasteiger partial charge in [-0.3, -0.25) is 9.69 Å². The number of nitrogens with one attached hydrogen (secondary N) is 1. The van der Waals surface area contributed by atoms with E-state index >= 15 is 0 Å². The van der Waals surface area contributed by atoms with Crippen molar-refractivity contribution in [2.45, 2.75) is 32.5 Å². The van der Waals surface area contributed by atoms with Crippen molar-refractivity contribution in [3.8, 4) is 0 Å². The van der Waals surface area contributed by atoms with Crippen LogP contribution in [0.4, 0.5) is 14.5 Å². The molecule has 1 aliphatic rings. The lowest BCUT2D eigenvalue weighted by Gasteiger charge is -2.35. The van der Waals surface area contributed by atoms with Gasteiger partial charge in [-0.15, -0.1) is 0 Å². The Balaban J connectivity index is 1.80. The molecule has 0 aromatic heterocycles. The van der Waals surface area contributed by atoms with Crippen molar-refractivity contribution in [3.63, 3.8) is 0 Å². The zero-order valence-corrected chi connectivity index (χ0v) is 12.2. The molecule has 6 heteroatoms. The van der Waals surface area contributed by atoms with E-state index in [0.717, 1.165) is 25.2 Å². The number of rotatable bonds is 4. The Morgan fingerprint density at radius 2 is 1.95 bits per heavy atom. The first kappa shape index (κ1) is 15.9. The van der Waals surface area contributed by atoms with Crippen LogP contribution < -0.4 is 5.32 Å². The van der Waals surface area contributed by atoms with Crippen LogP contribution in [-0.4, -0.2) is 42.6 Å². The van der Waals surface area contributed by atoms with E-state index in [4.69, 9.17) is 4.74 Å². The van der Waals surface area contributed by atoms with E-state index < -0.39 is 11.6 Å². The van der Waals surface area contributed by atoms with Crippen LogP contribution in [0, 0.1) is 11.6 Å². The topological polar surface area (TPSA) is 41.6 Å². The minimum Gasteiger partial charge on any atom is -0.373 e. The van der Waals surface area contributed by atoms with Gasteiger partial charge in [0.25, 0.3) is 0 Å². The maximum atomic E-state index is 13.0. The van der Waals surface area contributed by atoms with Gasteiger partial charge in [-0.05, 0) is 26.0 Å². The molecule has 1 aliphatic heterocycles. The Morgan fingerprint density at radius 1 is 1.29 bits per heavy atom. The molecule has 1 aromatic carbocycles. The molecule has 21 heavy (non-hydrogen) atoms. The van der Waals surface area contributed by atoms with Gasteiger partial charge >= 0.3 is 0 Å². The standard InChI is InChI=1S/C15H20F2N2O2/c1-10-8-19(9-11(2)21-10)6-5-15(20)18-12-3-4-13(16)14(17)7-12/h3-4,7,10-11H,5-6,8-9H2,1-2H3,(H,18,20)/t10-,11+. The summed E-state index contributed by atoms with van der Waals surface area (Å²) < 4.78 is 31.5. The average Bonchev–Trinajstić information content (AvgIpc) is 2.40. The highest BCUT2D eigenvalue weighted by Gasteiger charge is 2.22. The average molecular weight is 298 g/mol. The van der Waals surface area contributed by atoms with Crippen molar-refractivity contribution >= 4 is 11.6 Å². The number of hydrogen-bond acceptors (Lipinski definition) is 3. The quantitative estimate of drug-likeness (QED) is 0.928. The summed E-state index contributed by atoms with van der Waals surface area (Å²) in [4.78, 5) is 14.0. The number of benzene rings is 1. The van der Waals surface area contributed by atoms with Crippen molar-refractivity contribution in [1.29, 1.82) is 0 Å². The summed E-state index contributed by atoms with van der Waals surface area (Å²) in [5.41, 5.74) is 0.266. The molecular weight excluding hydrogens is 278 g/mol. The summed E-state index contributed by atoms with van der Waals surface area (Å²) in [6, 6.07) is 3.32.